The molecule has 1 aromatic heterocycles. The second-order valence-electron chi connectivity index (χ2n) is 14.8. The number of hydrogen-bond acceptors (Lipinski definition) is 3. The van der Waals surface area contributed by atoms with Crippen LogP contribution in [0.3, 0.4) is 0 Å². The van der Waals surface area contributed by atoms with Crippen LogP contribution in [0, 0.1) is 0 Å². The molecule has 0 saturated carbocycles. The summed E-state index contributed by atoms with van der Waals surface area (Å²) in [6, 6.07) is 76.7. The molecule has 1 aliphatic rings. The van der Waals surface area contributed by atoms with Gasteiger partial charge in [-0.25, -0.2) is 15.0 Å². The average molecular weight is 742 g/mol. The van der Waals surface area contributed by atoms with E-state index in [-0.39, 0.29) is 0 Å². The van der Waals surface area contributed by atoms with Gasteiger partial charge in [0.15, 0.2) is 25.5 Å². The predicted molar refractivity (Wildman–Crippen MR) is 239 cm³/mol. The Kier molecular flexibility index (Phi) is 7.83. The van der Waals surface area contributed by atoms with Crippen LogP contribution in [0.15, 0.2) is 212 Å². The van der Waals surface area contributed by atoms with Crippen LogP contribution in [0.1, 0.15) is 0 Å². The molecule has 10 aromatic rings. The van der Waals surface area contributed by atoms with Gasteiger partial charge in [0.1, 0.15) is 0 Å². The third-order valence-electron chi connectivity index (χ3n) is 11.6. The van der Waals surface area contributed by atoms with E-state index in [1.807, 2.05) is 18.2 Å². The Balaban J connectivity index is 1.11. The molecular weight excluding hydrogens is 707 g/mol. The largest absolute Gasteiger partial charge is 0.208 e. The van der Waals surface area contributed by atoms with Crippen LogP contribution < -0.4 is 20.7 Å². The molecule has 1 aliphatic heterocycles. The first-order chi connectivity index (χ1) is 28.2. The van der Waals surface area contributed by atoms with Crippen molar-refractivity contribution in [2.45, 2.75) is 0 Å². The number of nitrogens with zero attached hydrogens (tertiary/aromatic N) is 3. The van der Waals surface area contributed by atoms with E-state index in [9.17, 15) is 0 Å². The zero-order chi connectivity index (χ0) is 37.8. The van der Waals surface area contributed by atoms with Crippen LogP contribution in [-0.2, 0) is 0 Å². The Bertz CT molecular complexity index is 3070. The van der Waals surface area contributed by atoms with Crippen molar-refractivity contribution in [1.29, 1.82) is 0 Å². The molecule has 4 heteroatoms. The molecule has 0 N–H and O–H groups in total. The smallest absolute Gasteiger partial charge is 0.180 e. The molecule has 0 amide bonds. The van der Waals surface area contributed by atoms with Gasteiger partial charge < -0.3 is 0 Å². The summed E-state index contributed by atoms with van der Waals surface area (Å²) in [7, 11) is -2.79. The lowest BCUT2D eigenvalue weighted by atomic mass is 9.97. The van der Waals surface area contributed by atoms with Crippen molar-refractivity contribution >= 4 is 50.4 Å². The normalized spacial score (nSPS) is 12.7. The summed E-state index contributed by atoms with van der Waals surface area (Å²) in [5.41, 5.74) is 7.82. The maximum Gasteiger partial charge on any atom is 0.180 e. The van der Waals surface area contributed by atoms with Crippen LogP contribution in [0.2, 0.25) is 0 Å². The van der Waals surface area contributed by atoms with Crippen molar-refractivity contribution in [1.82, 2.24) is 15.0 Å². The van der Waals surface area contributed by atoms with Crippen LogP contribution in [0.4, 0.5) is 0 Å². The van der Waals surface area contributed by atoms with Crippen LogP contribution in [0.5, 0.6) is 0 Å². The highest BCUT2D eigenvalue weighted by molar-refractivity contribution is 7.22. The Morgan fingerprint density at radius 1 is 0.298 bits per heavy atom. The highest BCUT2D eigenvalue weighted by Crippen LogP contribution is 2.36. The monoisotopic (exact) mass is 741 g/mol. The number of aromatic nitrogens is 3. The van der Waals surface area contributed by atoms with Crippen LogP contribution >= 0.6 is 0 Å². The number of fused-ring (bicyclic) bond motifs is 6. The summed E-state index contributed by atoms with van der Waals surface area (Å²) in [4.78, 5) is 15.6. The van der Waals surface area contributed by atoms with Crippen LogP contribution in [0.25, 0.3) is 78.0 Å². The molecule has 0 saturated heterocycles. The fourth-order valence-electron chi connectivity index (χ4n) is 8.93. The molecule has 266 valence electrons. The summed E-state index contributed by atoms with van der Waals surface area (Å²) >= 11 is 0. The second kappa shape index (κ2) is 13.5. The first-order valence-corrected chi connectivity index (χ1v) is 21.4. The molecule has 2 heterocycles. The minimum absolute atomic E-state index is 0.647. The summed E-state index contributed by atoms with van der Waals surface area (Å²) in [5, 5.41) is 10.5. The standard InChI is InChI=1S/C53H35N3Si/c1-4-16-39(17-5-1)51-54-52(40-27-24-37(25-28-40)42-29-26-36-14-10-11-18-41(36)34-42)56-53(55-51)43-30-32-47-49(35-43)57(44-19-6-2-7-20-44,45-21-8-3-9-22-45)48-33-31-38-15-12-13-23-46(38)50(47)48/h1-35H. The molecule has 0 atom stereocenters. The number of benzene rings is 9. The zero-order valence-electron chi connectivity index (χ0n) is 31.0. The van der Waals surface area contributed by atoms with Gasteiger partial charge in [0.05, 0.1) is 0 Å². The average Bonchev–Trinajstić information content (AvgIpc) is 3.60. The van der Waals surface area contributed by atoms with E-state index >= 15 is 0 Å². The fraction of sp³-hybridized carbons (Fsp3) is 0. The molecule has 11 rings (SSSR count). The zero-order valence-corrected chi connectivity index (χ0v) is 32.0. The van der Waals surface area contributed by atoms with Gasteiger partial charge >= 0.3 is 0 Å². The van der Waals surface area contributed by atoms with E-state index in [0.717, 1.165) is 22.3 Å². The fourth-order valence-corrected chi connectivity index (χ4v) is 14.1. The highest BCUT2D eigenvalue weighted by Gasteiger charge is 2.49. The third-order valence-corrected chi connectivity index (χ3v) is 16.4. The minimum atomic E-state index is -2.79. The molecule has 9 aromatic carbocycles. The summed E-state index contributed by atoms with van der Waals surface area (Å²) in [6.07, 6.45) is 0. The topological polar surface area (TPSA) is 38.7 Å². The summed E-state index contributed by atoms with van der Waals surface area (Å²) in [5.74, 6) is 1.96. The number of rotatable bonds is 6. The van der Waals surface area contributed by atoms with Crippen molar-refractivity contribution in [3.05, 3.63) is 212 Å². The highest BCUT2D eigenvalue weighted by atomic mass is 28.3. The third kappa shape index (κ3) is 5.45. The minimum Gasteiger partial charge on any atom is -0.208 e. The molecular formula is C53H35N3Si. The molecule has 0 radical (unpaired) electrons. The quantitative estimate of drug-likeness (QED) is 0.159. The first-order valence-electron chi connectivity index (χ1n) is 19.4. The Hall–Kier alpha value is -7.27. The van der Waals surface area contributed by atoms with E-state index < -0.39 is 8.07 Å². The van der Waals surface area contributed by atoms with E-state index in [2.05, 4.69) is 194 Å². The summed E-state index contributed by atoms with van der Waals surface area (Å²) in [6.45, 7) is 0. The molecule has 0 fully saturated rings. The first kappa shape index (κ1) is 33.1. The van der Waals surface area contributed by atoms with E-state index in [1.54, 1.807) is 0 Å². The van der Waals surface area contributed by atoms with Gasteiger partial charge in [-0.05, 0) is 70.6 Å². The van der Waals surface area contributed by atoms with E-state index in [0.29, 0.717) is 17.5 Å². The van der Waals surface area contributed by atoms with E-state index in [1.165, 1.54) is 59.0 Å². The lowest BCUT2D eigenvalue weighted by molar-refractivity contribution is 1.07. The Morgan fingerprint density at radius 3 is 1.47 bits per heavy atom. The lowest BCUT2D eigenvalue weighted by Crippen LogP contribution is -2.72. The predicted octanol–water partition coefficient (Wildman–Crippen LogP) is 10.2. The maximum atomic E-state index is 5.25. The van der Waals surface area contributed by atoms with Crippen molar-refractivity contribution in [3.8, 4) is 56.4 Å². The molecule has 57 heavy (non-hydrogen) atoms. The van der Waals surface area contributed by atoms with Crippen molar-refractivity contribution in [2.75, 3.05) is 0 Å². The lowest BCUT2D eigenvalue weighted by Gasteiger charge is -2.31. The molecule has 0 bridgehead atoms. The van der Waals surface area contributed by atoms with Gasteiger partial charge in [0.2, 0.25) is 0 Å². The molecule has 0 spiro atoms. The number of hydrogen-bond donors (Lipinski definition) is 0. The molecule has 0 unspecified atom stereocenters. The van der Waals surface area contributed by atoms with Gasteiger partial charge in [-0.15, -0.1) is 0 Å². The maximum absolute atomic E-state index is 5.25. The molecule has 0 aliphatic carbocycles. The van der Waals surface area contributed by atoms with E-state index in [4.69, 9.17) is 15.0 Å². The Labute approximate surface area is 332 Å². The summed E-state index contributed by atoms with van der Waals surface area (Å²) < 4.78 is 0. The van der Waals surface area contributed by atoms with Gasteiger partial charge in [0, 0.05) is 16.7 Å². The van der Waals surface area contributed by atoms with Gasteiger partial charge in [-0.2, -0.15) is 0 Å². The van der Waals surface area contributed by atoms with Crippen LogP contribution in [-0.4, -0.2) is 23.0 Å². The molecule has 3 nitrogen and oxygen atoms in total. The van der Waals surface area contributed by atoms with Gasteiger partial charge in [0.25, 0.3) is 0 Å². The second-order valence-corrected chi connectivity index (χ2v) is 18.5. The SMILES string of the molecule is c1ccc(-c2nc(-c3ccc(-c4ccc5ccccc5c4)cc3)nc(-c3ccc4c(c3)[Si](c3ccccc3)(c3ccccc3)c3ccc5ccccc5c3-4)n2)cc1. The van der Waals surface area contributed by atoms with Crippen molar-refractivity contribution in [3.63, 3.8) is 0 Å². The Morgan fingerprint density at radius 2 is 0.789 bits per heavy atom. The van der Waals surface area contributed by atoms with Crippen molar-refractivity contribution < 1.29 is 0 Å². The van der Waals surface area contributed by atoms with Crippen molar-refractivity contribution in [2.24, 2.45) is 0 Å². The van der Waals surface area contributed by atoms with Gasteiger partial charge in [-0.3, -0.25) is 0 Å². The van der Waals surface area contributed by atoms with Gasteiger partial charge in [-0.1, -0.05) is 206 Å².